The second-order valence-corrected chi connectivity index (χ2v) is 11.1. The normalized spacial score (nSPS) is 20.7. The van der Waals surface area contributed by atoms with E-state index in [0.29, 0.717) is 48.4 Å². The highest BCUT2D eigenvalue weighted by Gasteiger charge is 2.29. The number of thioether (sulfide) groups is 1. The van der Waals surface area contributed by atoms with Crippen molar-refractivity contribution >= 4 is 33.2 Å². The van der Waals surface area contributed by atoms with Gasteiger partial charge in [0.1, 0.15) is 19.0 Å². The van der Waals surface area contributed by atoms with Gasteiger partial charge >= 0.3 is 0 Å². The van der Waals surface area contributed by atoms with Gasteiger partial charge in [0.05, 0.1) is 16.8 Å². The molecule has 0 spiro atoms. The highest BCUT2D eigenvalue weighted by molar-refractivity contribution is 8.00. The first kappa shape index (κ1) is 21.0. The predicted octanol–water partition coefficient (Wildman–Crippen LogP) is 1.68. The SMILES string of the molecule is C[C@H](Sc1nnc(C[C@@H]2CCS(=O)(=O)C2)n1C)C(=O)Nc1ccc2c(c1)OCCO2. The standard InChI is InChI=1S/C19H24N4O5S2/c1-12(18(24)20-14-3-4-15-16(10-14)28-7-6-27-15)29-19-22-21-17(23(19)2)9-13-5-8-30(25,26)11-13/h3-4,10,12-13H,5-9,11H2,1-2H3,(H,20,24)/t12-,13-/m0/s1. The number of carbonyl (C=O) groups is 1. The van der Waals surface area contributed by atoms with Crippen molar-refractivity contribution in [3.8, 4) is 11.5 Å². The van der Waals surface area contributed by atoms with Crippen molar-refractivity contribution in [1.29, 1.82) is 0 Å². The van der Waals surface area contributed by atoms with Crippen LogP contribution >= 0.6 is 11.8 Å². The van der Waals surface area contributed by atoms with Crippen molar-refractivity contribution in [1.82, 2.24) is 14.8 Å². The molecule has 3 heterocycles. The number of anilines is 1. The lowest BCUT2D eigenvalue weighted by Gasteiger charge is -2.19. The van der Waals surface area contributed by atoms with Gasteiger partial charge in [-0.3, -0.25) is 4.79 Å². The number of fused-ring (bicyclic) bond motifs is 1. The van der Waals surface area contributed by atoms with E-state index in [1.165, 1.54) is 11.8 Å². The van der Waals surface area contributed by atoms with Crippen LogP contribution < -0.4 is 14.8 Å². The van der Waals surface area contributed by atoms with E-state index >= 15 is 0 Å². The maximum absolute atomic E-state index is 12.6. The Morgan fingerprint density at radius 3 is 2.80 bits per heavy atom. The van der Waals surface area contributed by atoms with Gasteiger partial charge in [0.25, 0.3) is 0 Å². The number of hydrogen-bond acceptors (Lipinski definition) is 8. The van der Waals surface area contributed by atoms with Crippen LogP contribution in [-0.4, -0.2) is 59.1 Å². The third-order valence-electron chi connectivity index (χ3n) is 5.18. The summed E-state index contributed by atoms with van der Waals surface area (Å²) in [7, 11) is -1.08. The van der Waals surface area contributed by atoms with Crippen molar-refractivity contribution in [2.75, 3.05) is 30.0 Å². The van der Waals surface area contributed by atoms with Crippen LogP contribution in [-0.2, 0) is 28.1 Å². The summed E-state index contributed by atoms with van der Waals surface area (Å²) in [5.41, 5.74) is 0.637. The van der Waals surface area contributed by atoms with Crippen LogP contribution in [0.15, 0.2) is 23.4 Å². The van der Waals surface area contributed by atoms with Gasteiger partial charge in [0, 0.05) is 25.2 Å². The minimum atomic E-state index is -2.92. The van der Waals surface area contributed by atoms with Crippen LogP contribution in [0.25, 0.3) is 0 Å². The predicted molar refractivity (Wildman–Crippen MR) is 113 cm³/mol. The number of hydrogen-bond donors (Lipinski definition) is 1. The fourth-order valence-electron chi connectivity index (χ4n) is 3.49. The monoisotopic (exact) mass is 452 g/mol. The van der Waals surface area contributed by atoms with Gasteiger partial charge in [0.2, 0.25) is 5.91 Å². The summed E-state index contributed by atoms with van der Waals surface area (Å²) in [6, 6.07) is 5.30. The van der Waals surface area contributed by atoms with E-state index in [0.717, 1.165) is 5.82 Å². The number of amides is 1. The Morgan fingerprint density at radius 2 is 2.07 bits per heavy atom. The molecule has 9 nitrogen and oxygen atoms in total. The third-order valence-corrected chi connectivity index (χ3v) is 8.16. The van der Waals surface area contributed by atoms with E-state index in [1.54, 1.807) is 25.1 Å². The largest absolute Gasteiger partial charge is 0.486 e. The molecule has 1 aromatic heterocycles. The molecule has 2 atom stereocenters. The molecule has 11 heteroatoms. The summed E-state index contributed by atoms with van der Waals surface area (Å²) in [4.78, 5) is 12.6. The average Bonchev–Trinajstić information content (AvgIpc) is 3.23. The van der Waals surface area contributed by atoms with Crippen LogP contribution in [0.5, 0.6) is 11.5 Å². The zero-order valence-corrected chi connectivity index (χ0v) is 18.5. The minimum Gasteiger partial charge on any atom is -0.486 e. The third kappa shape index (κ3) is 4.72. The molecule has 0 bridgehead atoms. The Bertz CT molecular complexity index is 1050. The Balaban J connectivity index is 1.36. The Labute approximate surface area is 179 Å². The van der Waals surface area contributed by atoms with E-state index < -0.39 is 15.1 Å². The lowest BCUT2D eigenvalue weighted by molar-refractivity contribution is -0.115. The van der Waals surface area contributed by atoms with Crippen LogP contribution in [0.2, 0.25) is 0 Å². The van der Waals surface area contributed by atoms with E-state index in [1.807, 2.05) is 11.6 Å². The highest BCUT2D eigenvalue weighted by atomic mass is 32.2. The van der Waals surface area contributed by atoms with Gasteiger partial charge in [-0.25, -0.2) is 8.42 Å². The molecule has 2 aliphatic heterocycles. The Hall–Kier alpha value is -2.27. The van der Waals surface area contributed by atoms with Gasteiger partial charge in [-0.2, -0.15) is 0 Å². The molecule has 4 rings (SSSR count). The number of sulfone groups is 1. The lowest BCUT2D eigenvalue weighted by Crippen LogP contribution is -2.23. The van der Waals surface area contributed by atoms with Crippen LogP contribution in [0.1, 0.15) is 19.2 Å². The van der Waals surface area contributed by atoms with Crippen LogP contribution in [0.4, 0.5) is 5.69 Å². The molecule has 0 unspecified atom stereocenters. The Morgan fingerprint density at radius 1 is 1.30 bits per heavy atom. The number of ether oxygens (including phenoxy) is 2. The molecule has 0 radical (unpaired) electrons. The zero-order chi connectivity index (χ0) is 21.3. The van der Waals surface area contributed by atoms with E-state index in [9.17, 15) is 13.2 Å². The van der Waals surface area contributed by atoms with Crippen molar-refractivity contribution in [3.63, 3.8) is 0 Å². The molecular weight excluding hydrogens is 428 g/mol. The van der Waals surface area contributed by atoms with Crippen molar-refractivity contribution in [2.24, 2.45) is 13.0 Å². The van der Waals surface area contributed by atoms with E-state index in [-0.39, 0.29) is 23.3 Å². The van der Waals surface area contributed by atoms with Gasteiger partial charge in [-0.05, 0) is 31.4 Å². The molecule has 2 aliphatic rings. The Kier molecular flexibility index (Phi) is 5.92. The fourth-order valence-corrected chi connectivity index (χ4v) is 6.19. The molecule has 1 aromatic carbocycles. The number of nitrogens with one attached hydrogen (secondary N) is 1. The number of nitrogens with zero attached hydrogens (tertiary/aromatic N) is 3. The van der Waals surface area contributed by atoms with E-state index in [2.05, 4.69) is 15.5 Å². The van der Waals surface area contributed by atoms with Crippen molar-refractivity contribution in [3.05, 3.63) is 24.0 Å². The molecule has 30 heavy (non-hydrogen) atoms. The van der Waals surface area contributed by atoms with Gasteiger partial charge in [0.15, 0.2) is 26.5 Å². The molecular formula is C19H24N4O5S2. The van der Waals surface area contributed by atoms with Crippen molar-refractivity contribution in [2.45, 2.75) is 30.2 Å². The fraction of sp³-hybridized carbons (Fsp3) is 0.526. The number of carbonyl (C=O) groups excluding carboxylic acids is 1. The topological polar surface area (TPSA) is 112 Å². The molecule has 0 saturated carbocycles. The molecule has 0 aliphatic carbocycles. The van der Waals surface area contributed by atoms with Gasteiger partial charge in [-0.1, -0.05) is 11.8 Å². The van der Waals surface area contributed by atoms with Crippen molar-refractivity contribution < 1.29 is 22.7 Å². The van der Waals surface area contributed by atoms with Gasteiger partial charge < -0.3 is 19.4 Å². The molecule has 1 N–H and O–H groups in total. The molecule has 1 amide bonds. The maximum Gasteiger partial charge on any atom is 0.237 e. The highest BCUT2D eigenvalue weighted by Crippen LogP contribution is 2.33. The van der Waals surface area contributed by atoms with Gasteiger partial charge in [-0.15, -0.1) is 10.2 Å². The summed E-state index contributed by atoms with van der Waals surface area (Å²) in [5, 5.41) is 11.5. The zero-order valence-electron chi connectivity index (χ0n) is 16.8. The number of aromatic nitrogens is 3. The summed E-state index contributed by atoms with van der Waals surface area (Å²) in [6.45, 7) is 2.80. The quantitative estimate of drug-likeness (QED) is 0.659. The van der Waals surface area contributed by atoms with Crippen LogP contribution in [0, 0.1) is 5.92 Å². The smallest absolute Gasteiger partial charge is 0.237 e. The second-order valence-electron chi connectivity index (χ2n) is 7.54. The second kappa shape index (κ2) is 8.46. The first-order valence-electron chi connectivity index (χ1n) is 9.76. The summed E-state index contributed by atoms with van der Waals surface area (Å²) >= 11 is 1.31. The number of rotatable bonds is 6. The molecule has 1 fully saturated rings. The average molecular weight is 453 g/mol. The lowest BCUT2D eigenvalue weighted by atomic mass is 10.1. The molecule has 1 saturated heterocycles. The van der Waals surface area contributed by atoms with Crippen LogP contribution in [0.3, 0.4) is 0 Å². The number of benzene rings is 1. The molecule has 162 valence electrons. The first-order valence-corrected chi connectivity index (χ1v) is 12.5. The summed E-state index contributed by atoms with van der Waals surface area (Å²) < 4.78 is 36.2. The summed E-state index contributed by atoms with van der Waals surface area (Å²) in [6.07, 6.45) is 1.23. The summed E-state index contributed by atoms with van der Waals surface area (Å²) in [5.74, 6) is 2.38. The van der Waals surface area contributed by atoms with E-state index in [4.69, 9.17) is 9.47 Å². The molecule has 2 aromatic rings. The minimum absolute atomic E-state index is 0.0756. The first-order chi connectivity index (χ1) is 14.3. The maximum atomic E-state index is 12.6.